The lowest BCUT2D eigenvalue weighted by molar-refractivity contribution is -0.123. The molecular formula is C22H17BrN4O3S. The van der Waals surface area contributed by atoms with E-state index in [1.54, 1.807) is 49.5 Å². The summed E-state index contributed by atoms with van der Waals surface area (Å²) in [5.74, 6) is -0.729. The summed E-state index contributed by atoms with van der Waals surface area (Å²) >= 11 is 4.75. The number of aromatic nitrogens is 1. The zero-order valence-corrected chi connectivity index (χ0v) is 18.7. The molecule has 1 fully saturated rings. The van der Waals surface area contributed by atoms with E-state index in [0.29, 0.717) is 16.8 Å². The Hall–Kier alpha value is -3.17. The maximum atomic E-state index is 13.0. The molecule has 3 aromatic rings. The van der Waals surface area contributed by atoms with Crippen molar-refractivity contribution in [2.75, 3.05) is 5.32 Å². The summed E-state index contributed by atoms with van der Waals surface area (Å²) in [6.45, 7) is 1.62. The number of hydrogen-bond acceptors (Lipinski definition) is 5. The predicted molar refractivity (Wildman–Crippen MR) is 121 cm³/mol. The van der Waals surface area contributed by atoms with E-state index >= 15 is 0 Å². The van der Waals surface area contributed by atoms with Gasteiger partial charge in [0.1, 0.15) is 10.6 Å². The van der Waals surface area contributed by atoms with E-state index in [0.717, 1.165) is 14.4 Å². The zero-order valence-electron chi connectivity index (χ0n) is 16.3. The monoisotopic (exact) mass is 496 g/mol. The van der Waals surface area contributed by atoms with Crippen LogP contribution in [-0.4, -0.2) is 22.8 Å². The van der Waals surface area contributed by atoms with Gasteiger partial charge in [0.15, 0.2) is 0 Å². The molecule has 2 aromatic carbocycles. The molecule has 1 aliphatic heterocycles. The Bertz CT molecular complexity index is 1190. The van der Waals surface area contributed by atoms with E-state index in [1.165, 1.54) is 11.8 Å². The fraction of sp³-hybridized carbons (Fsp3) is 0.0909. The number of nitrogens with zero attached hydrogens (tertiary/aromatic N) is 1. The third-order valence-corrected chi connectivity index (χ3v) is 6.28. The fourth-order valence-electron chi connectivity index (χ4n) is 3.13. The summed E-state index contributed by atoms with van der Waals surface area (Å²) < 4.78 is 0.878. The molecule has 2 heterocycles. The van der Waals surface area contributed by atoms with E-state index < -0.39 is 17.5 Å². The third kappa shape index (κ3) is 4.47. The van der Waals surface area contributed by atoms with E-state index in [2.05, 4.69) is 36.9 Å². The van der Waals surface area contributed by atoms with Crippen LogP contribution in [0.4, 0.5) is 10.5 Å². The Labute approximate surface area is 191 Å². The highest BCUT2D eigenvalue weighted by atomic mass is 79.9. The van der Waals surface area contributed by atoms with Gasteiger partial charge in [0, 0.05) is 21.3 Å². The maximum Gasteiger partial charge on any atom is 0.322 e. The van der Waals surface area contributed by atoms with Gasteiger partial charge in [-0.25, -0.2) is 9.78 Å². The van der Waals surface area contributed by atoms with Gasteiger partial charge in [0.2, 0.25) is 0 Å². The molecule has 3 N–H and O–H groups in total. The Morgan fingerprint density at radius 3 is 2.61 bits per heavy atom. The summed E-state index contributed by atoms with van der Waals surface area (Å²) in [6.07, 6.45) is 1.70. The van der Waals surface area contributed by atoms with Crippen molar-refractivity contribution in [3.63, 3.8) is 0 Å². The number of carbonyl (C=O) groups is 3. The SMILES string of the molecule is CC1(c2cccc(NC(=O)c3ccccc3Sc3ccc(Br)cn3)c2)NC(=O)NC1=O. The van der Waals surface area contributed by atoms with Crippen molar-refractivity contribution in [1.82, 2.24) is 15.6 Å². The highest BCUT2D eigenvalue weighted by Crippen LogP contribution is 2.31. The predicted octanol–water partition coefficient (Wildman–Crippen LogP) is 4.30. The van der Waals surface area contributed by atoms with E-state index in [1.807, 2.05) is 24.3 Å². The fourth-order valence-corrected chi connectivity index (χ4v) is 4.25. The zero-order chi connectivity index (χ0) is 22.0. The number of pyridine rings is 1. The molecule has 0 aliphatic carbocycles. The van der Waals surface area contributed by atoms with Crippen molar-refractivity contribution in [2.45, 2.75) is 22.4 Å². The van der Waals surface area contributed by atoms with Crippen LogP contribution in [0.25, 0.3) is 0 Å². The molecule has 0 radical (unpaired) electrons. The number of nitrogens with one attached hydrogen (secondary N) is 3. The van der Waals surface area contributed by atoms with Crippen LogP contribution < -0.4 is 16.0 Å². The Morgan fingerprint density at radius 1 is 1.10 bits per heavy atom. The summed E-state index contributed by atoms with van der Waals surface area (Å²) in [4.78, 5) is 41.9. The third-order valence-electron chi connectivity index (χ3n) is 4.79. The summed E-state index contributed by atoms with van der Waals surface area (Å²) in [5.41, 5.74) is 0.383. The van der Waals surface area contributed by atoms with Gasteiger partial charge in [-0.3, -0.25) is 14.9 Å². The van der Waals surface area contributed by atoms with Crippen LogP contribution in [0.3, 0.4) is 0 Å². The van der Waals surface area contributed by atoms with E-state index in [-0.39, 0.29) is 5.91 Å². The molecular weight excluding hydrogens is 480 g/mol. The molecule has 7 nitrogen and oxygen atoms in total. The van der Waals surface area contributed by atoms with Crippen molar-refractivity contribution in [2.24, 2.45) is 0 Å². The van der Waals surface area contributed by atoms with Crippen molar-refractivity contribution >= 4 is 51.2 Å². The maximum absolute atomic E-state index is 13.0. The van der Waals surface area contributed by atoms with Gasteiger partial charge in [-0.15, -0.1) is 0 Å². The molecule has 4 rings (SSSR count). The number of hydrogen-bond donors (Lipinski definition) is 3. The van der Waals surface area contributed by atoms with Gasteiger partial charge >= 0.3 is 6.03 Å². The average molecular weight is 497 g/mol. The smallest absolute Gasteiger partial charge is 0.322 e. The van der Waals surface area contributed by atoms with Gasteiger partial charge in [-0.1, -0.05) is 36.0 Å². The molecule has 1 unspecified atom stereocenters. The van der Waals surface area contributed by atoms with Crippen molar-refractivity contribution in [3.05, 3.63) is 82.5 Å². The lowest BCUT2D eigenvalue weighted by Crippen LogP contribution is -2.40. The van der Waals surface area contributed by atoms with Crippen LogP contribution in [0.5, 0.6) is 0 Å². The first-order valence-corrected chi connectivity index (χ1v) is 10.9. The minimum Gasteiger partial charge on any atom is -0.322 e. The molecule has 9 heteroatoms. The number of imide groups is 1. The molecule has 156 valence electrons. The number of rotatable bonds is 5. The summed E-state index contributed by atoms with van der Waals surface area (Å²) in [5, 5.41) is 8.50. The quantitative estimate of drug-likeness (QED) is 0.457. The lowest BCUT2D eigenvalue weighted by atomic mass is 9.92. The molecule has 0 spiro atoms. The number of halogens is 1. The van der Waals surface area contributed by atoms with Crippen molar-refractivity contribution in [1.29, 1.82) is 0 Å². The molecule has 31 heavy (non-hydrogen) atoms. The first kappa shape index (κ1) is 21.1. The second-order valence-corrected chi connectivity index (χ2v) is 8.96. The molecule has 1 aromatic heterocycles. The second-order valence-electron chi connectivity index (χ2n) is 6.98. The number of amides is 4. The van der Waals surface area contributed by atoms with Crippen LogP contribution >= 0.6 is 27.7 Å². The molecule has 0 bridgehead atoms. The van der Waals surface area contributed by atoms with Crippen LogP contribution in [0.1, 0.15) is 22.8 Å². The van der Waals surface area contributed by atoms with Gasteiger partial charge in [0.25, 0.3) is 11.8 Å². The standard InChI is InChI=1S/C22H17BrN4O3S/c1-22(20(29)26-21(30)27-22)13-5-4-6-15(11-13)25-19(28)16-7-2-3-8-17(16)31-18-10-9-14(23)12-24-18/h2-12H,1H3,(H,25,28)(H2,26,27,29,30). The van der Waals surface area contributed by atoms with Gasteiger partial charge in [0.05, 0.1) is 5.56 Å². The highest BCUT2D eigenvalue weighted by Gasteiger charge is 2.43. The van der Waals surface area contributed by atoms with Crippen LogP contribution in [-0.2, 0) is 10.3 Å². The number of urea groups is 1. The lowest BCUT2D eigenvalue weighted by Gasteiger charge is -2.21. The second kappa shape index (κ2) is 8.52. The summed E-state index contributed by atoms with van der Waals surface area (Å²) in [6, 6.07) is 17.3. The summed E-state index contributed by atoms with van der Waals surface area (Å²) in [7, 11) is 0. The Kier molecular flexibility index (Phi) is 5.79. The molecule has 1 saturated heterocycles. The van der Waals surface area contributed by atoms with Gasteiger partial charge < -0.3 is 10.6 Å². The van der Waals surface area contributed by atoms with Crippen LogP contribution in [0.2, 0.25) is 0 Å². The van der Waals surface area contributed by atoms with Crippen LogP contribution in [0.15, 0.2) is 81.3 Å². The Balaban J connectivity index is 1.56. The van der Waals surface area contributed by atoms with Gasteiger partial charge in [-0.05, 0) is 64.8 Å². The number of carbonyl (C=O) groups excluding carboxylic acids is 3. The van der Waals surface area contributed by atoms with E-state index in [9.17, 15) is 14.4 Å². The molecule has 1 atom stereocenters. The van der Waals surface area contributed by atoms with Crippen LogP contribution in [0, 0.1) is 0 Å². The molecule has 1 aliphatic rings. The molecule has 4 amide bonds. The topological polar surface area (TPSA) is 100 Å². The highest BCUT2D eigenvalue weighted by molar-refractivity contribution is 9.10. The minimum atomic E-state index is -1.20. The largest absolute Gasteiger partial charge is 0.322 e. The molecule has 0 saturated carbocycles. The first-order valence-electron chi connectivity index (χ1n) is 9.29. The van der Waals surface area contributed by atoms with E-state index in [4.69, 9.17) is 0 Å². The normalized spacial score (nSPS) is 17.7. The van der Waals surface area contributed by atoms with Crippen molar-refractivity contribution in [3.8, 4) is 0 Å². The minimum absolute atomic E-state index is 0.289. The van der Waals surface area contributed by atoms with Crippen molar-refractivity contribution < 1.29 is 14.4 Å². The first-order chi connectivity index (χ1) is 14.8. The average Bonchev–Trinajstić information content (AvgIpc) is 3.02. The number of benzene rings is 2. The van der Waals surface area contributed by atoms with Gasteiger partial charge in [-0.2, -0.15) is 0 Å². The number of anilines is 1. The Morgan fingerprint density at radius 2 is 1.90 bits per heavy atom.